The molecule has 0 saturated carbocycles. The predicted molar refractivity (Wildman–Crippen MR) is 65.1 cm³/mol. The van der Waals surface area contributed by atoms with Gasteiger partial charge in [0, 0.05) is 12.1 Å². The highest BCUT2D eigenvalue weighted by atomic mass is 19.1. The summed E-state index contributed by atoms with van der Waals surface area (Å²) in [5.74, 6) is -0.133. The van der Waals surface area contributed by atoms with Gasteiger partial charge in [-0.1, -0.05) is 12.5 Å². The predicted octanol–water partition coefficient (Wildman–Crippen LogP) is 3.21. The van der Waals surface area contributed by atoms with Crippen LogP contribution in [0.4, 0.5) is 4.39 Å². The lowest BCUT2D eigenvalue weighted by atomic mass is 9.93. The van der Waals surface area contributed by atoms with Gasteiger partial charge in [0.15, 0.2) is 0 Å². The maximum absolute atomic E-state index is 13.0. The Labute approximate surface area is 97.1 Å². The lowest BCUT2D eigenvalue weighted by Gasteiger charge is -2.29. The van der Waals surface area contributed by atoms with Gasteiger partial charge in [0.05, 0.1) is 0 Å². The molecule has 1 heterocycles. The minimum atomic E-state index is -0.133. The highest BCUT2D eigenvalue weighted by Gasteiger charge is 2.18. The van der Waals surface area contributed by atoms with E-state index in [4.69, 9.17) is 0 Å². The summed E-state index contributed by atoms with van der Waals surface area (Å²) in [6, 6.07) is 6.30. The van der Waals surface area contributed by atoms with Crippen molar-refractivity contribution in [1.82, 2.24) is 5.32 Å². The Hall–Kier alpha value is -0.890. The molecular formula is C14H20FN. The number of nitrogens with one attached hydrogen (secondary N) is 1. The second kappa shape index (κ2) is 4.96. The van der Waals surface area contributed by atoms with Gasteiger partial charge in [-0.15, -0.1) is 0 Å². The first-order chi connectivity index (χ1) is 7.65. The van der Waals surface area contributed by atoms with E-state index in [2.05, 4.69) is 12.2 Å². The molecule has 0 radical (unpaired) electrons. The number of hydrogen-bond acceptors (Lipinski definition) is 1. The number of halogens is 1. The molecule has 2 heteroatoms. The fourth-order valence-corrected chi connectivity index (χ4v) is 2.55. The Morgan fingerprint density at radius 3 is 2.88 bits per heavy atom. The third kappa shape index (κ3) is 2.82. The first-order valence-corrected chi connectivity index (χ1v) is 6.16. The molecular weight excluding hydrogens is 201 g/mol. The van der Waals surface area contributed by atoms with Gasteiger partial charge >= 0.3 is 0 Å². The minimum Gasteiger partial charge on any atom is -0.311 e. The highest BCUT2D eigenvalue weighted by Crippen LogP contribution is 2.18. The van der Waals surface area contributed by atoms with Gasteiger partial charge in [0.1, 0.15) is 5.82 Å². The lowest BCUT2D eigenvalue weighted by molar-refractivity contribution is 0.333. The molecule has 2 unspecified atom stereocenters. The van der Waals surface area contributed by atoms with Crippen LogP contribution in [0.2, 0.25) is 0 Å². The number of benzene rings is 1. The molecule has 0 aromatic heterocycles. The van der Waals surface area contributed by atoms with Crippen LogP contribution in [0.15, 0.2) is 18.2 Å². The van der Waals surface area contributed by atoms with Crippen LogP contribution in [0.5, 0.6) is 0 Å². The first kappa shape index (κ1) is 11.6. The number of rotatable bonds is 2. The summed E-state index contributed by atoms with van der Waals surface area (Å²) in [4.78, 5) is 0. The van der Waals surface area contributed by atoms with E-state index in [1.165, 1.54) is 24.8 Å². The standard InChI is InChI=1S/C14H20FN/c1-10-8-13(15)7-6-12(10)9-14-5-3-4-11(2)16-14/h6-8,11,14,16H,3-5,9H2,1-2H3. The molecule has 0 amide bonds. The van der Waals surface area contributed by atoms with Gasteiger partial charge in [-0.25, -0.2) is 4.39 Å². The molecule has 1 aromatic rings. The summed E-state index contributed by atoms with van der Waals surface area (Å²) in [5, 5.41) is 3.61. The third-order valence-electron chi connectivity index (χ3n) is 3.48. The fourth-order valence-electron chi connectivity index (χ4n) is 2.55. The summed E-state index contributed by atoms with van der Waals surface area (Å²) in [6.07, 6.45) is 4.84. The summed E-state index contributed by atoms with van der Waals surface area (Å²) in [5.41, 5.74) is 2.34. The number of aryl methyl sites for hydroxylation is 1. The van der Waals surface area contributed by atoms with Crippen molar-refractivity contribution in [2.75, 3.05) is 0 Å². The van der Waals surface area contributed by atoms with Gasteiger partial charge in [-0.3, -0.25) is 0 Å². The van der Waals surface area contributed by atoms with Crippen LogP contribution in [-0.2, 0) is 6.42 Å². The molecule has 1 aliphatic rings. The van der Waals surface area contributed by atoms with Crippen LogP contribution in [0.25, 0.3) is 0 Å². The molecule has 1 aliphatic heterocycles. The molecule has 1 aromatic carbocycles. The van der Waals surface area contributed by atoms with Crippen molar-refractivity contribution in [3.8, 4) is 0 Å². The van der Waals surface area contributed by atoms with E-state index in [1.54, 1.807) is 12.1 Å². The fraction of sp³-hybridized carbons (Fsp3) is 0.571. The van der Waals surface area contributed by atoms with Crippen molar-refractivity contribution in [2.45, 2.75) is 51.6 Å². The zero-order valence-corrected chi connectivity index (χ0v) is 10.1. The normalized spacial score (nSPS) is 25.7. The average Bonchev–Trinajstić information content (AvgIpc) is 2.22. The Kier molecular flexibility index (Phi) is 3.59. The van der Waals surface area contributed by atoms with Gasteiger partial charge in [-0.05, 0) is 56.4 Å². The molecule has 1 nitrogen and oxygen atoms in total. The summed E-state index contributed by atoms with van der Waals surface area (Å²) in [7, 11) is 0. The van der Waals surface area contributed by atoms with Crippen LogP contribution in [0.3, 0.4) is 0 Å². The van der Waals surface area contributed by atoms with Crippen molar-refractivity contribution in [1.29, 1.82) is 0 Å². The van der Waals surface area contributed by atoms with E-state index >= 15 is 0 Å². The largest absolute Gasteiger partial charge is 0.311 e. The minimum absolute atomic E-state index is 0.133. The quantitative estimate of drug-likeness (QED) is 0.808. The second-order valence-electron chi connectivity index (χ2n) is 4.97. The molecule has 88 valence electrons. The van der Waals surface area contributed by atoms with Crippen LogP contribution in [0.1, 0.15) is 37.3 Å². The molecule has 0 aliphatic carbocycles. The summed E-state index contributed by atoms with van der Waals surface area (Å²) < 4.78 is 13.0. The van der Waals surface area contributed by atoms with Crippen LogP contribution in [-0.4, -0.2) is 12.1 Å². The van der Waals surface area contributed by atoms with E-state index in [9.17, 15) is 4.39 Å². The van der Waals surface area contributed by atoms with E-state index in [-0.39, 0.29) is 5.82 Å². The van der Waals surface area contributed by atoms with Crippen LogP contribution in [0, 0.1) is 12.7 Å². The number of piperidine rings is 1. The zero-order chi connectivity index (χ0) is 11.5. The van der Waals surface area contributed by atoms with Crippen LogP contribution >= 0.6 is 0 Å². The van der Waals surface area contributed by atoms with Crippen molar-refractivity contribution < 1.29 is 4.39 Å². The highest BCUT2D eigenvalue weighted by molar-refractivity contribution is 5.27. The molecule has 1 saturated heterocycles. The van der Waals surface area contributed by atoms with Crippen LogP contribution < -0.4 is 5.32 Å². The van der Waals surface area contributed by atoms with Crippen molar-refractivity contribution in [3.63, 3.8) is 0 Å². The van der Waals surface area contributed by atoms with Gasteiger partial charge in [0.25, 0.3) is 0 Å². The average molecular weight is 221 g/mol. The summed E-state index contributed by atoms with van der Waals surface area (Å²) >= 11 is 0. The molecule has 0 spiro atoms. The van der Waals surface area contributed by atoms with Gasteiger partial charge < -0.3 is 5.32 Å². The van der Waals surface area contributed by atoms with E-state index in [0.29, 0.717) is 12.1 Å². The van der Waals surface area contributed by atoms with E-state index in [0.717, 1.165) is 12.0 Å². The molecule has 1 fully saturated rings. The zero-order valence-electron chi connectivity index (χ0n) is 10.1. The van der Waals surface area contributed by atoms with Gasteiger partial charge in [0.2, 0.25) is 0 Å². The lowest BCUT2D eigenvalue weighted by Crippen LogP contribution is -2.41. The molecule has 16 heavy (non-hydrogen) atoms. The Morgan fingerprint density at radius 1 is 1.38 bits per heavy atom. The molecule has 1 N–H and O–H groups in total. The van der Waals surface area contributed by atoms with Crippen molar-refractivity contribution in [3.05, 3.63) is 35.1 Å². The Morgan fingerprint density at radius 2 is 2.19 bits per heavy atom. The third-order valence-corrected chi connectivity index (χ3v) is 3.48. The van der Waals surface area contributed by atoms with Crippen molar-refractivity contribution >= 4 is 0 Å². The Balaban J connectivity index is 2.02. The monoisotopic (exact) mass is 221 g/mol. The smallest absolute Gasteiger partial charge is 0.123 e. The molecule has 2 atom stereocenters. The first-order valence-electron chi connectivity index (χ1n) is 6.16. The molecule has 2 rings (SSSR count). The summed E-state index contributed by atoms with van der Waals surface area (Å²) in [6.45, 7) is 4.23. The topological polar surface area (TPSA) is 12.0 Å². The van der Waals surface area contributed by atoms with Crippen molar-refractivity contribution in [2.24, 2.45) is 0 Å². The maximum Gasteiger partial charge on any atom is 0.123 e. The SMILES string of the molecule is Cc1cc(F)ccc1CC1CCCC(C)N1. The number of hydrogen-bond donors (Lipinski definition) is 1. The Bertz CT molecular complexity index is 362. The molecule has 0 bridgehead atoms. The second-order valence-corrected chi connectivity index (χ2v) is 4.97. The van der Waals surface area contributed by atoms with E-state index in [1.807, 2.05) is 13.0 Å². The van der Waals surface area contributed by atoms with Gasteiger partial charge in [-0.2, -0.15) is 0 Å². The van der Waals surface area contributed by atoms with E-state index < -0.39 is 0 Å². The maximum atomic E-state index is 13.0.